The number of carboxylic acids is 2. The molecule has 2 heterocycles. The number of nitrogens with zero attached hydrogens (tertiary/aromatic N) is 3. The monoisotopic (exact) mass is 413 g/mol. The van der Waals surface area contributed by atoms with Gasteiger partial charge in [-0.15, -0.1) is 10.2 Å². The minimum absolute atomic E-state index is 0.0378. The molecule has 0 aliphatic carbocycles. The lowest BCUT2D eigenvalue weighted by Crippen LogP contribution is -2.03. The Hall–Kier alpha value is -3.33. The second kappa shape index (κ2) is 8.36. The van der Waals surface area contributed by atoms with E-state index in [4.69, 9.17) is 4.42 Å². The van der Waals surface area contributed by atoms with Crippen LogP contribution in [0.1, 0.15) is 40.1 Å². The summed E-state index contributed by atoms with van der Waals surface area (Å²) in [4.78, 5) is 23.0. The first-order valence-electron chi connectivity index (χ1n) is 8.78. The van der Waals surface area contributed by atoms with E-state index in [0.717, 1.165) is 23.1 Å². The normalized spacial score (nSPS) is 11.6. The number of carboxylic acid groups (broad SMARTS) is 2. The van der Waals surface area contributed by atoms with Crippen LogP contribution in [0.4, 0.5) is 0 Å². The number of carbonyl (C=O) groups is 2. The molecule has 0 fully saturated rings. The van der Waals surface area contributed by atoms with Crippen molar-refractivity contribution in [3.05, 3.63) is 63.6 Å². The summed E-state index contributed by atoms with van der Waals surface area (Å²) in [5.74, 6) is -1.68. The summed E-state index contributed by atoms with van der Waals surface area (Å²) < 4.78 is 7.27. The van der Waals surface area contributed by atoms with Gasteiger partial charge in [0.25, 0.3) is 5.22 Å². The van der Waals surface area contributed by atoms with Crippen LogP contribution >= 0.6 is 11.8 Å². The first-order chi connectivity index (χ1) is 13.8. The van der Waals surface area contributed by atoms with Crippen molar-refractivity contribution in [3.63, 3.8) is 0 Å². The van der Waals surface area contributed by atoms with Crippen molar-refractivity contribution in [2.75, 3.05) is 0 Å². The maximum Gasteiger partial charge on any atom is 0.342 e. The molecule has 3 aromatic rings. The number of benzene rings is 1. The average Bonchev–Trinajstić information content (AvgIpc) is 3.25. The van der Waals surface area contributed by atoms with E-state index in [2.05, 4.69) is 10.2 Å². The molecule has 0 saturated carbocycles. The summed E-state index contributed by atoms with van der Waals surface area (Å²) >= 11 is 0.888. The van der Waals surface area contributed by atoms with Crippen LogP contribution in [0.25, 0.3) is 11.8 Å². The number of hydrogen-bond donors (Lipinski definition) is 2. The van der Waals surface area contributed by atoms with Gasteiger partial charge in [-0.2, -0.15) is 0 Å². The van der Waals surface area contributed by atoms with E-state index in [1.54, 1.807) is 24.3 Å². The van der Waals surface area contributed by atoms with Crippen LogP contribution in [0.15, 0.2) is 44.9 Å². The third-order valence-electron chi connectivity index (χ3n) is 4.27. The van der Waals surface area contributed by atoms with Crippen molar-refractivity contribution in [2.45, 2.75) is 32.4 Å². The van der Waals surface area contributed by atoms with Gasteiger partial charge < -0.3 is 19.2 Å². The van der Waals surface area contributed by atoms with E-state index in [1.807, 2.05) is 31.4 Å². The van der Waals surface area contributed by atoms with Gasteiger partial charge in [0.05, 0.1) is 5.56 Å². The van der Waals surface area contributed by atoms with Gasteiger partial charge in [0, 0.05) is 23.5 Å². The third-order valence-corrected chi connectivity index (χ3v) is 5.12. The summed E-state index contributed by atoms with van der Waals surface area (Å²) in [7, 11) is 0. The predicted octanol–water partition coefficient (Wildman–Crippen LogP) is 3.96. The van der Waals surface area contributed by atoms with Crippen molar-refractivity contribution < 1.29 is 24.2 Å². The molecule has 0 amide bonds. The van der Waals surface area contributed by atoms with Crippen LogP contribution in [-0.2, 0) is 11.2 Å². The molecule has 0 aliphatic heterocycles. The Labute approximate surface area is 170 Å². The van der Waals surface area contributed by atoms with Crippen LogP contribution in [-0.4, -0.2) is 36.9 Å². The molecule has 2 aromatic heterocycles. The smallest absolute Gasteiger partial charge is 0.342 e. The molecule has 8 nitrogen and oxygen atoms in total. The molecule has 2 N–H and O–H groups in total. The van der Waals surface area contributed by atoms with Gasteiger partial charge >= 0.3 is 11.9 Å². The van der Waals surface area contributed by atoms with Crippen molar-refractivity contribution in [2.24, 2.45) is 0 Å². The Morgan fingerprint density at radius 2 is 1.97 bits per heavy atom. The van der Waals surface area contributed by atoms with Gasteiger partial charge in [0.2, 0.25) is 5.89 Å². The van der Waals surface area contributed by atoms with Crippen LogP contribution in [0.3, 0.4) is 0 Å². The molecule has 0 bridgehead atoms. The fraction of sp³-hybridized carbons (Fsp3) is 0.200. The van der Waals surface area contributed by atoms with Crippen molar-refractivity contribution in [3.8, 4) is 5.69 Å². The van der Waals surface area contributed by atoms with E-state index >= 15 is 0 Å². The number of rotatable bonds is 7. The second-order valence-corrected chi connectivity index (χ2v) is 7.24. The van der Waals surface area contributed by atoms with Gasteiger partial charge in [0.1, 0.15) is 4.91 Å². The van der Waals surface area contributed by atoms with E-state index in [-0.39, 0.29) is 15.7 Å². The quantitative estimate of drug-likeness (QED) is 0.441. The number of aromatic carboxylic acids is 1. The lowest BCUT2D eigenvalue weighted by atomic mass is 10.2. The molecular weight excluding hydrogens is 394 g/mol. The van der Waals surface area contributed by atoms with Crippen LogP contribution < -0.4 is 0 Å². The summed E-state index contributed by atoms with van der Waals surface area (Å²) in [5, 5.41) is 26.7. The maximum atomic E-state index is 11.7. The highest BCUT2D eigenvalue weighted by molar-refractivity contribution is 8.03. The van der Waals surface area contributed by atoms with Crippen LogP contribution in [0.2, 0.25) is 0 Å². The highest BCUT2D eigenvalue weighted by Gasteiger charge is 2.17. The van der Waals surface area contributed by atoms with Crippen molar-refractivity contribution >= 4 is 29.8 Å². The third kappa shape index (κ3) is 4.40. The second-order valence-electron chi connectivity index (χ2n) is 6.25. The van der Waals surface area contributed by atoms with E-state index in [1.165, 1.54) is 6.07 Å². The fourth-order valence-electron chi connectivity index (χ4n) is 2.90. The molecule has 0 radical (unpaired) electrons. The number of aliphatic carboxylic acids is 1. The molecule has 0 unspecified atom stereocenters. The minimum Gasteiger partial charge on any atom is -0.478 e. The topological polar surface area (TPSA) is 118 Å². The standard InChI is InChI=1S/C20H19N3O5S/c1-4-17-21-22-20(28-17)29-16(19(26)27)10-14-8-11(2)23(12(14)3)15-7-5-6-13(9-15)18(24)25/h5-10H,4H2,1-3H3,(H,24,25)(H,26,27)/b16-10-. The Balaban J connectivity index is 2.00. The minimum atomic E-state index is -1.11. The molecular formula is C20H19N3O5S. The van der Waals surface area contributed by atoms with Gasteiger partial charge in [-0.3, -0.25) is 0 Å². The molecule has 0 spiro atoms. The van der Waals surface area contributed by atoms with E-state index in [0.29, 0.717) is 23.6 Å². The van der Waals surface area contributed by atoms with Crippen molar-refractivity contribution in [1.29, 1.82) is 0 Å². The summed E-state index contributed by atoms with van der Waals surface area (Å²) in [6.07, 6.45) is 2.11. The molecule has 29 heavy (non-hydrogen) atoms. The molecule has 150 valence electrons. The fourth-order valence-corrected chi connectivity index (χ4v) is 3.58. The van der Waals surface area contributed by atoms with Crippen LogP contribution in [0, 0.1) is 13.8 Å². The molecule has 3 rings (SSSR count). The summed E-state index contributed by atoms with van der Waals surface area (Å²) in [6, 6.07) is 8.42. The number of hydrogen-bond acceptors (Lipinski definition) is 6. The lowest BCUT2D eigenvalue weighted by Gasteiger charge is -2.10. The average molecular weight is 413 g/mol. The summed E-state index contributed by atoms with van der Waals surface area (Å²) in [6.45, 7) is 5.58. The van der Waals surface area contributed by atoms with Crippen molar-refractivity contribution in [1.82, 2.24) is 14.8 Å². The Morgan fingerprint density at radius 3 is 2.59 bits per heavy atom. The zero-order chi connectivity index (χ0) is 21.1. The largest absolute Gasteiger partial charge is 0.478 e. The van der Waals surface area contributed by atoms with Gasteiger partial charge in [-0.1, -0.05) is 13.0 Å². The lowest BCUT2D eigenvalue weighted by molar-refractivity contribution is -0.131. The van der Waals surface area contributed by atoms with Crippen LogP contribution in [0.5, 0.6) is 0 Å². The highest BCUT2D eigenvalue weighted by atomic mass is 32.2. The number of thioether (sulfide) groups is 1. The molecule has 1 aromatic carbocycles. The number of aryl methyl sites for hydroxylation is 2. The Bertz CT molecular complexity index is 1110. The first-order valence-corrected chi connectivity index (χ1v) is 9.59. The predicted molar refractivity (Wildman–Crippen MR) is 107 cm³/mol. The van der Waals surface area contributed by atoms with Gasteiger partial charge in [-0.05, 0) is 61.5 Å². The molecule has 0 saturated heterocycles. The zero-order valence-corrected chi connectivity index (χ0v) is 16.9. The molecule has 0 aliphatic rings. The zero-order valence-electron chi connectivity index (χ0n) is 16.0. The Morgan fingerprint density at radius 1 is 1.21 bits per heavy atom. The molecule has 9 heteroatoms. The first kappa shape index (κ1) is 20.4. The SMILES string of the molecule is CCc1nnc(S/C(=C\c2cc(C)n(-c3cccc(C(=O)O)c3)c2C)C(=O)O)o1. The van der Waals surface area contributed by atoms with E-state index < -0.39 is 11.9 Å². The van der Waals surface area contributed by atoms with E-state index in [9.17, 15) is 19.8 Å². The number of aromatic nitrogens is 3. The highest BCUT2D eigenvalue weighted by Crippen LogP contribution is 2.30. The van der Waals surface area contributed by atoms with Gasteiger partial charge in [0.15, 0.2) is 0 Å². The van der Waals surface area contributed by atoms with Gasteiger partial charge in [-0.25, -0.2) is 9.59 Å². The molecule has 0 atom stereocenters. The maximum absolute atomic E-state index is 11.7. The Kier molecular flexibility index (Phi) is 5.88. The summed E-state index contributed by atoms with van der Waals surface area (Å²) in [5.41, 5.74) is 3.19.